The number of H-pyrrole nitrogens is 1. The molecule has 3 aromatic carbocycles. The van der Waals surface area contributed by atoms with Gasteiger partial charge < -0.3 is 10.3 Å². The normalized spacial score (nSPS) is 12.2. The lowest BCUT2D eigenvalue weighted by atomic mass is 9.87. The van der Waals surface area contributed by atoms with E-state index in [4.69, 9.17) is 0 Å². The zero-order chi connectivity index (χ0) is 22.0. The van der Waals surface area contributed by atoms with E-state index in [-0.39, 0.29) is 17.1 Å². The van der Waals surface area contributed by atoms with Crippen molar-refractivity contribution in [2.75, 3.05) is 0 Å². The van der Waals surface area contributed by atoms with Crippen molar-refractivity contribution in [1.29, 1.82) is 0 Å². The third-order valence-corrected chi connectivity index (χ3v) is 5.07. The molecule has 0 unspecified atom stereocenters. The molecule has 31 heavy (non-hydrogen) atoms. The summed E-state index contributed by atoms with van der Waals surface area (Å²) in [6, 6.07) is 21.2. The average molecular weight is 413 g/mol. The van der Waals surface area contributed by atoms with Crippen molar-refractivity contribution in [3.8, 4) is 0 Å². The number of benzene rings is 3. The maximum absolute atomic E-state index is 13.3. The van der Waals surface area contributed by atoms with Gasteiger partial charge in [0, 0.05) is 5.56 Å². The van der Waals surface area contributed by atoms with E-state index in [9.17, 15) is 9.18 Å². The molecule has 0 atom stereocenters. The Bertz CT molecular complexity index is 1250. The minimum atomic E-state index is -0.314. The maximum atomic E-state index is 13.3. The number of carbonyl (C=O) groups excluding carboxylic acids is 1. The topological polar surface area (TPSA) is 57.8 Å². The van der Waals surface area contributed by atoms with Crippen LogP contribution in [0, 0.1) is 5.82 Å². The number of halogens is 1. The summed E-state index contributed by atoms with van der Waals surface area (Å²) in [4.78, 5) is 20.8. The summed E-state index contributed by atoms with van der Waals surface area (Å²) in [7, 11) is 0. The van der Waals surface area contributed by atoms with Crippen LogP contribution in [0.2, 0.25) is 0 Å². The fourth-order valence-electron chi connectivity index (χ4n) is 3.28. The lowest BCUT2D eigenvalue weighted by molar-refractivity contribution is 0.0973. The summed E-state index contributed by atoms with van der Waals surface area (Å²) in [6.07, 6.45) is 1.78. The van der Waals surface area contributed by atoms with Gasteiger partial charge >= 0.3 is 0 Å². The number of amides is 1. The van der Waals surface area contributed by atoms with Crippen molar-refractivity contribution in [2.24, 2.45) is 0 Å². The first kappa shape index (κ1) is 20.5. The molecule has 0 spiro atoms. The zero-order valence-electron chi connectivity index (χ0n) is 17.7. The highest BCUT2D eigenvalue weighted by Gasteiger charge is 2.17. The molecule has 2 N–H and O–H groups in total. The molecule has 0 saturated carbocycles. The molecule has 1 aromatic heterocycles. The van der Waals surface area contributed by atoms with Crippen LogP contribution in [0.15, 0.2) is 72.8 Å². The predicted octanol–water partition coefficient (Wildman–Crippen LogP) is 5.93. The molecule has 1 amide bonds. The number of aromatic amines is 1. The molecule has 0 fully saturated rings. The fourth-order valence-corrected chi connectivity index (χ4v) is 3.28. The second-order valence-electron chi connectivity index (χ2n) is 8.50. The summed E-state index contributed by atoms with van der Waals surface area (Å²) in [6.45, 7) is 6.47. The van der Waals surface area contributed by atoms with Gasteiger partial charge in [0.2, 0.25) is 0 Å². The summed E-state index contributed by atoms with van der Waals surface area (Å²) in [5.74, 6) is -0.0232. The van der Waals surface area contributed by atoms with Crippen molar-refractivity contribution in [3.63, 3.8) is 0 Å². The summed E-state index contributed by atoms with van der Waals surface area (Å²) < 4.78 is 13.3. The highest BCUT2D eigenvalue weighted by atomic mass is 19.1. The van der Waals surface area contributed by atoms with Crippen LogP contribution in [0.5, 0.6) is 0 Å². The number of fused-ring (bicyclic) bond motifs is 1. The molecule has 5 heteroatoms. The first-order valence-electron chi connectivity index (χ1n) is 10.1. The molecule has 0 aliphatic carbocycles. The fraction of sp³-hybridized carbons (Fsp3) is 0.154. The minimum absolute atomic E-state index is 0.00771. The molecule has 4 rings (SSSR count). The standard InChI is InChI=1S/C26H24FN3O/c1-26(2,3)19-11-14-21-22(16-19)29-24(28-21)23(15-17-9-12-20(27)13-10-17)30-25(31)18-7-5-4-6-8-18/h4-16H,1-3H3,(H,28,29)(H,30,31)/b23-15-. The Balaban J connectivity index is 1.76. The number of hydrogen-bond donors (Lipinski definition) is 2. The monoisotopic (exact) mass is 413 g/mol. The van der Waals surface area contributed by atoms with E-state index < -0.39 is 0 Å². The molecule has 0 aliphatic heterocycles. The molecule has 0 bridgehead atoms. The van der Waals surface area contributed by atoms with Crippen LogP contribution in [0.1, 0.15) is 48.1 Å². The smallest absolute Gasteiger partial charge is 0.255 e. The Labute approximate surface area is 180 Å². The van der Waals surface area contributed by atoms with Crippen LogP contribution in [-0.2, 0) is 5.41 Å². The van der Waals surface area contributed by atoms with E-state index in [1.807, 2.05) is 24.3 Å². The molecular formula is C26H24FN3O. The number of rotatable bonds is 4. The zero-order valence-corrected chi connectivity index (χ0v) is 17.7. The number of nitrogens with one attached hydrogen (secondary N) is 2. The van der Waals surface area contributed by atoms with Crippen LogP contribution < -0.4 is 5.32 Å². The quantitative estimate of drug-likeness (QED) is 0.436. The first-order chi connectivity index (χ1) is 14.8. The number of carbonyl (C=O) groups is 1. The van der Waals surface area contributed by atoms with Gasteiger partial charge in [0.1, 0.15) is 5.82 Å². The van der Waals surface area contributed by atoms with Crippen molar-refractivity contribution < 1.29 is 9.18 Å². The Hall–Kier alpha value is -3.73. The lowest BCUT2D eigenvalue weighted by Crippen LogP contribution is -2.22. The molecule has 4 aromatic rings. The molecular weight excluding hydrogens is 389 g/mol. The summed E-state index contributed by atoms with van der Waals surface area (Å²) in [5.41, 5.74) is 4.69. The van der Waals surface area contributed by atoms with Crippen molar-refractivity contribution in [2.45, 2.75) is 26.2 Å². The Morgan fingerprint density at radius 1 is 1.00 bits per heavy atom. The van der Waals surface area contributed by atoms with E-state index in [0.29, 0.717) is 17.1 Å². The van der Waals surface area contributed by atoms with Crippen molar-refractivity contribution >= 4 is 28.7 Å². The molecule has 4 nitrogen and oxygen atoms in total. The Morgan fingerprint density at radius 3 is 2.39 bits per heavy atom. The summed E-state index contributed by atoms with van der Waals surface area (Å²) >= 11 is 0. The maximum Gasteiger partial charge on any atom is 0.255 e. The van der Waals surface area contributed by atoms with E-state index in [1.54, 1.807) is 30.3 Å². The number of nitrogens with zero attached hydrogens (tertiary/aromatic N) is 1. The molecule has 156 valence electrons. The van der Waals surface area contributed by atoms with Crippen LogP contribution >= 0.6 is 0 Å². The van der Waals surface area contributed by atoms with Crippen LogP contribution in [0.25, 0.3) is 22.8 Å². The highest BCUT2D eigenvalue weighted by molar-refractivity contribution is 6.01. The number of hydrogen-bond acceptors (Lipinski definition) is 2. The first-order valence-corrected chi connectivity index (χ1v) is 10.1. The molecule has 0 radical (unpaired) electrons. The van der Waals surface area contributed by atoms with Gasteiger partial charge in [0.05, 0.1) is 16.7 Å². The Morgan fingerprint density at radius 2 is 1.71 bits per heavy atom. The number of imidazole rings is 1. The van der Waals surface area contributed by atoms with Gasteiger partial charge in [-0.1, -0.05) is 57.2 Å². The van der Waals surface area contributed by atoms with Gasteiger partial charge in [0.15, 0.2) is 5.82 Å². The van der Waals surface area contributed by atoms with E-state index in [0.717, 1.165) is 16.6 Å². The third kappa shape index (κ3) is 4.72. The largest absolute Gasteiger partial charge is 0.337 e. The van der Waals surface area contributed by atoms with Crippen LogP contribution in [-0.4, -0.2) is 15.9 Å². The summed E-state index contributed by atoms with van der Waals surface area (Å²) in [5, 5.41) is 2.95. The predicted molar refractivity (Wildman–Crippen MR) is 123 cm³/mol. The van der Waals surface area contributed by atoms with E-state index in [1.165, 1.54) is 17.7 Å². The van der Waals surface area contributed by atoms with E-state index in [2.05, 4.69) is 48.2 Å². The van der Waals surface area contributed by atoms with Gasteiger partial charge in [-0.3, -0.25) is 4.79 Å². The average Bonchev–Trinajstić information content (AvgIpc) is 3.18. The van der Waals surface area contributed by atoms with Gasteiger partial charge in [-0.25, -0.2) is 9.37 Å². The second-order valence-corrected chi connectivity index (χ2v) is 8.50. The molecule has 0 aliphatic rings. The van der Waals surface area contributed by atoms with Gasteiger partial charge in [-0.2, -0.15) is 0 Å². The van der Waals surface area contributed by atoms with Gasteiger partial charge in [0.25, 0.3) is 5.91 Å². The van der Waals surface area contributed by atoms with Crippen LogP contribution in [0.4, 0.5) is 4.39 Å². The van der Waals surface area contributed by atoms with Crippen molar-refractivity contribution in [3.05, 3.63) is 101 Å². The van der Waals surface area contributed by atoms with Gasteiger partial charge in [-0.05, 0) is 59.0 Å². The van der Waals surface area contributed by atoms with Crippen LogP contribution in [0.3, 0.4) is 0 Å². The van der Waals surface area contributed by atoms with Gasteiger partial charge in [-0.15, -0.1) is 0 Å². The SMILES string of the molecule is CC(C)(C)c1ccc2nc(/C(=C/c3ccc(F)cc3)NC(=O)c3ccccc3)[nH]c2c1. The third-order valence-electron chi connectivity index (χ3n) is 5.07. The van der Waals surface area contributed by atoms with Crippen molar-refractivity contribution in [1.82, 2.24) is 15.3 Å². The number of aromatic nitrogens is 2. The molecule has 1 heterocycles. The lowest BCUT2D eigenvalue weighted by Gasteiger charge is -2.18. The Kier molecular flexibility index (Phi) is 5.42. The molecule has 0 saturated heterocycles. The highest BCUT2D eigenvalue weighted by Crippen LogP contribution is 2.26. The second kappa shape index (κ2) is 8.19. The minimum Gasteiger partial charge on any atom is -0.337 e. The van der Waals surface area contributed by atoms with E-state index >= 15 is 0 Å².